The zero-order chi connectivity index (χ0) is 17.8. The molecule has 2 aromatic rings. The predicted octanol–water partition coefficient (Wildman–Crippen LogP) is 3.05. The lowest BCUT2D eigenvalue weighted by atomic mass is 10.2. The number of halogens is 1. The number of rotatable bonds is 5. The number of amides is 2. The maximum absolute atomic E-state index is 12.3. The second-order valence-electron chi connectivity index (χ2n) is 5.47. The van der Waals surface area contributed by atoms with Gasteiger partial charge in [-0.25, -0.2) is 9.78 Å². The number of methoxy groups -OCH3 is 2. The van der Waals surface area contributed by atoms with Gasteiger partial charge in [-0.2, -0.15) is 0 Å². The molecule has 0 unspecified atom stereocenters. The summed E-state index contributed by atoms with van der Waals surface area (Å²) in [5.41, 5.74) is 0.596. The molecule has 2 amide bonds. The molecular formula is C17H18ClN3O4. The second kappa shape index (κ2) is 7.48. The van der Waals surface area contributed by atoms with Gasteiger partial charge in [0.15, 0.2) is 0 Å². The molecule has 1 N–H and O–H groups in total. The van der Waals surface area contributed by atoms with E-state index in [1.54, 1.807) is 55.6 Å². The van der Waals surface area contributed by atoms with Crippen LogP contribution in [0, 0.1) is 0 Å². The second-order valence-corrected chi connectivity index (χ2v) is 5.87. The minimum Gasteiger partial charge on any atom is -0.497 e. The van der Waals surface area contributed by atoms with E-state index in [9.17, 15) is 4.79 Å². The molecule has 0 aliphatic carbocycles. The third kappa shape index (κ3) is 4.06. The molecule has 1 aromatic heterocycles. The fourth-order valence-electron chi connectivity index (χ4n) is 2.38. The third-order valence-electron chi connectivity index (χ3n) is 3.74. The van der Waals surface area contributed by atoms with Crippen LogP contribution in [0.15, 0.2) is 36.5 Å². The van der Waals surface area contributed by atoms with E-state index in [1.165, 1.54) is 0 Å². The average Bonchev–Trinajstić information content (AvgIpc) is 2.58. The number of benzene rings is 1. The summed E-state index contributed by atoms with van der Waals surface area (Å²) in [5, 5.41) is 3.27. The third-order valence-corrected chi connectivity index (χ3v) is 4.03. The minimum atomic E-state index is -0.220. The number of carbonyl (C=O) groups is 1. The van der Waals surface area contributed by atoms with Gasteiger partial charge in [0.25, 0.3) is 0 Å². The number of ether oxygens (including phenoxy) is 3. The van der Waals surface area contributed by atoms with Gasteiger partial charge in [-0.05, 0) is 12.1 Å². The number of nitrogens with zero attached hydrogens (tertiary/aromatic N) is 2. The van der Waals surface area contributed by atoms with Crippen molar-refractivity contribution in [3.63, 3.8) is 0 Å². The molecule has 0 saturated carbocycles. The SMILES string of the molecule is COc1cc(NC(=O)N2CC(Oc3ncccc3Cl)C2)cc(OC)c1. The fourth-order valence-corrected chi connectivity index (χ4v) is 2.54. The van der Waals surface area contributed by atoms with Crippen LogP contribution in [-0.4, -0.2) is 49.3 Å². The molecule has 0 radical (unpaired) electrons. The van der Waals surface area contributed by atoms with Crippen LogP contribution >= 0.6 is 11.6 Å². The number of hydrogen-bond acceptors (Lipinski definition) is 5. The average molecular weight is 364 g/mol. The highest BCUT2D eigenvalue weighted by molar-refractivity contribution is 6.31. The lowest BCUT2D eigenvalue weighted by molar-refractivity contribution is 0.0461. The molecule has 3 rings (SSSR count). The summed E-state index contributed by atoms with van der Waals surface area (Å²) >= 11 is 6.01. The topological polar surface area (TPSA) is 72.9 Å². The van der Waals surface area contributed by atoms with Crippen LogP contribution in [-0.2, 0) is 0 Å². The molecule has 25 heavy (non-hydrogen) atoms. The summed E-state index contributed by atoms with van der Waals surface area (Å²) in [6, 6.07) is 8.41. The van der Waals surface area contributed by atoms with E-state index in [4.69, 9.17) is 25.8 Å². The van der Waals surface area contributed by atoms with Crippen LogP contribution < -0.4 is 19.5 Å². The minimum absolute atomic E-state index is 0.127. The van der Waals surface area contributed by atoms with E-state index in [-0.39, 0.29) is 12.1 Å². The summed E-state index contributed by atoms with van der Waals surface area (Å²) in [6.45, 7) is 0.916. The van der Waals surface area contributed by atoms with Crippen molar-refractivity contribution >= 4 is 23.3 Å². The fraction of sp³-hybridized carbons (Fsp3) is 0.294. The van der Waals surface area contributed by atoms with E-state index in [0.29, 0.717) is 41.2 Å². The van der Waals surface area contributed by atoms with Gasteiger partial charge in [-0.1, -0.05) is 11.6 Å². The van der Waals surface area contributed by atoms with Crippen molar-refractivity contribution in [2.24, 2.45) is 0 Å². The van der Waals surface area contributed by atoms with Crippen molar-refractivity contribution in [1.82, 2.24) is 9.88 Å². The molecule has 1 aliphatic rings. The molecule has 2 heterocycles. The van der Waals surface area contributed by atoms with Crippen LogP contribution in [0.25, 0.3) is 0 Å². The number of hydrogen-bond donors (Lipinski definition) is 1. The number of likely N-dealkylation sites (tertiary alicyclic amines) is 1. The maximum Gasteiger partial charge on any atom is 0.322 e. The molecule has 1 fully saturated rings. The monoisotopic (exact) mass is 363 g/mol. The van der Waals surface area contributed by atoms with Crippen LogP contribution in [0.1, 0.15) is 0 Å². The van der Waals surface area contributed by atoms with Gasteiger partial charge < -0.3 is 24.4 Å². The van der Waals surface area contributed by atoms with Gasteiger partial charge in [0, 0.05) is 30.1 Å². The van der Waals surface area contributed by atoms with Gasteiger partial charge in [-0.15, -0.1) is 0 Å². The molecule has 132 valence electrons. The Morgan fingerprint density at radius 3 is 2.52 bits per heavy atom. The van der Waals surface area contributed by atoms with E-state index >= 15 is 0 Å². The van der Waals surface area contributed by atoms with Crippen molar-refractivity contribution in [1.29, 1.82) is 0 Å². The van der Waals surface area contributed by atoms with Gasteiger partial charge in [-0.3, -0.25) is 0 Å². The van der Waals surface area contributed by atoms with Gasteiger partial charge in [0.1, 0.15) is 22.6 Å². The number of pyridine rings is 1. The molecule has 1 aromatic carbocycles. The van der Waals surface area contributed by atoms with E-state index in [0.717, 1.165) is 0 Å². The smallest absolute Gasteiger partial charge is 0.322 e. The van der Waals surface area contributed by atoms with E-state index in [2.05, 4.69) is 10.3 Å². The van der Waals surface area contributed by atoms with Gasteiger partial charge in [0.2, 0.25) is 5.88 Å². The van der Waals surface area contributed by atoms with Crippen LogP contribution in [0.5, 0.6) is 17.4 Å². The van der Waals surface area contributed by atoms with Crippen molar-refractivity contribution < 1.29 is 19.0 Å². The molecule has 0 bridgehead atoms. The van der Waals surface area contributed by atoms with Crippen molar-refractivity contribution in [3.8, 4) is 17.4 Å². The lowest BCUT2D eigenvalue weighted by Crippen LogP contribution is -2.57. The molecule has 7 nitrogen and oxygen atoms in total. The summed E-state index contributed by atoms with van der Waals surface area (Å²) in [7, 11) is 3.11. The zero-order valence-electron chi connectivity index (χ0n) is 13.9. The number of anilines is 1. The quantitative estimate of drug-likeness (QED) is 0.883. The summed E-state index contributed by atoms with van der Waals surface area (Å²) in [6.07, 6.45) is 1.48. The normalized spacial score (nSPS) is 13.8. The van der Waals surface area contributed by atoms with Gasteiger partial charge in [0.05, 0.1) is 27.3 Å². The number of urea groups is 1. The Balaban J connectivity index is 1.55. The van der Waals surface area contributed by atoms with Crippen molar-refractivity contribution in [2.45, 2.75) is 6.10 Å². The number of nitrogens with one attached hydrogen (secondary N) is 1. The first-order valence-electron chi connectivity index (χ1n) is 7.65. The molecule has 0 atom stereocenters. The predicted molar refractivity (Wildman–Crippen MR) is 93.8 cm³/mol. The zero-order valence-corrected chi connectivity index (χ0v) is 14.6. The maximum atomic E-state index is 12.3. The summed E-state index contributed by atoms with van der Waals surface area (Å²) < 4.78 is 16.1. The number of aromatic nitrogens is 1. The van der Waals surface area contributed by atoms with Crippen LogP contribution in [0.3, 0.4) is 0 Å². The Bertz CT molecular complexity index is 743. The van der Waals surface area contributed by atoms with E-state index < -0.39 is 0 Å². The Morgan fingerprint density at radius 2 is 1.92 bits per heavy atom. The largest absolute Gasteiger partial charge is 0.497 e. The van der Waals surface area contributed by atoms with Crippen LogP contribution in [0.4, 0.5) is 10.5 Å². The summed E-state index contributed by atoms with van der Waals surface area (Å²) in [4.78, 5) is 18.0. The van der Waals surface area contributed by atoms with Gasteiger partial charge >= 0.3 is 6.03 Å². The Kier molecular flexibility index (Phi) is 5.14. The molecule has 8 heteroatoms. The highest BCUT2D eigenvalue weighted by atomic mass is 35.5. The Morgan fingerprint density at radius 1 is 1.24 bits per heavy atom. The molecule has 0 spiro atoms. The molecular weight excluding hydrogens is 346 g/mol. The van der Waals surface area contributed by atoms with Crippen LogP contribution in [0.2, 0.25) is 5.02 Å². The first-order chi connectivity index (χ1) is 12.1. The lowest BCUT2D eigenvalue weighted by Gasteiger charge is -2.38. The van der Waals surface area contributed by atoms with Crippen molar-refractivity contribution in [3.05, 3.63) is 41.6 Å². The Hall–Kier alpha value is -2.67. The highest BCUT2D eigenvalue weighted by Gasteiger charge is 2.33. The van der Waals surface area contributed by atoms with Crippen molar-refractivity contribution in [2.75, 3.05) is 32.6 Å². The highest BCUT2D eigenvalue weighted by Crippen LogP contribution is 2.27. The Labute approximate surface area is 150 Å². The summed E-state index contributed by atoms with van der Waals surface area (Å²) in [5.74, 6) is 1.58. The van der Waals surface area contributed by atoms with E-state index in [1.807, 2.05) is 0 Å². The standard InChI is InChI=1S/C17H18ClN3O4/c1-23-12-6-11(7-13(8-12)24-2)20-17(22)21-9-14(10-21)25-16-15(18)4-3-5-19-16/h3-8,14H,9-10H2,1-2H3,(H,20,22). The molecule has 1 saturated heterocycles. The first-order valence-corrected chi connectivity index (χ1v) is 8.03. The first kappa shape index (κ1) is 17.2. The number of carbonyl (C=O) groups excluding carboxylic acids is 1. The molecule has 1 aliphatic heterocycles.